The van der Waals surface area contributed by atoms with Crippen LogP contribution in [0.1, 0.15) is 5.56 Å². The highest BCUT2D eigenvalue weighted by atomic mass is 16.6. The number of nitrogens with one attached hydrogen (secondary N) is 1. The van der Waals surface area contributed by atoms with Crippen molar-refractivity contribution in [1.82, 2.24) is 0 Å². The Balaban J connectivity index is 2.24. The molecule has 0 heterocycles. The summed E-state index contributed by atoms with van der Waals surface area (Å²) in [7, 11) is 1.42. The molecule has 1 amide bonds. The van der Waals surface area contributed by atoms with Gasteiger partial charge in [0.1, 0.15) is 17.7 Å². The molecule has 0 aliphatic heterocycles. The number of anilines is 1. The van der Waals surface area contributed by atoms with Gasteiger partial charge >= 0.3 is 0 Å². The molecule has 2 rings (SSSR count). The van der Waals surface area contributed by atoms with E-state index in [0.717, 1.165) is 0 Å². The number of nitro groups is 1. The minimum atomic E-state index is -0.716. The summed E-state index contributed by atoms with van der Waals surface area (Å²) in [5.74, 6) is -0.0343. The summed E-state index contributed by atoms with van der Waals surface area (Å²) in [4.78, 5) is 22.6. The average Bonchev–Trinajstić information content (AvgIpc) is 2.70. The number of non-ortho nitro benzene ring substituents is 1. The number of hydrogen-bond donors (Lipinski definition) is 1. The molecule has 9 nitrogen and oxygen atoms in total. The van der Waals surface area contributed by atoms with Crippen LogP contribution in [0.2, 0.25) is 0 Å². The first-order valence-corrected chi connectivity index (χ1v) is 7.84. The van der Waals surface area contributed by atoms with Crippen LogP contribution < -0.4 is 14.8 Å². The molecule has 0 atom stereocenters. The molecule has 0 saturated carbocycles. The summed E-state index contributed by atoms with van der Waals surface area (Å²) < 4.78 is 10.4. The van der Waals surface area contributed by atoms with Crippen LogP contribution in [-0.2, 0) is 4.79 Å². The largest absolute Gasteiger partial charge is 0.493 e. The van der Waals surface area contributed by atoms with Gasteiger partial charge in [0.05, 0.1) is 12.0 Å². The molecular formula is C19H14N4O5. The Labute approximate surface area is 160 Å². The maximum Gasteiger partial charge on any atom is 0.271 e. The SMILES string of the molecule is COc1cc(/C=C(\C#N)C(=O)Nc2cccc([N+](=O)[O-])c2)ccc1OCC#N. The van der Waals surface area contributed by atoms with Crippen molar-refractivity contribution >= 4 is 23.4 Å². The topological polar surface area (TPSA) is 138 Å². The lowest BCUT2D eigenvalue weighted by molar-refractivity contribution is -0.384. The van der Waals surface area contributed by atoms with Crippen LogP contribution >= 0.6 is 0 Å². The minimum absolute atomic E-state index is 0.152. The van der Waals surface area contributed by atoms with Gasteiger partial charge in [-0.1, -0.05) is 12.1 Å². The van der Waals surface area contributed by atoms with Crippen molar-refractivity contribution in [2.45, 2.75) is 0 Å². The van der Waals surface area contributed by atoms with E-state index in [-0.39, 0.29) is 23.6 Å². The van der Waals surface area contributed by atoms with E-state index < -0.39 is 10.8 Å². The lowest BCUT2D eigenvalue weighted by Gasteiger charge is -2.09. The number of nitriles is 2. The molecule has 0 aliphatic rings. The molecule has 0 aromatic heterocycles. The first-order valence-electron chi connectivity index (χ1n) is 7.84. The van der Waals surface area contributed by atoms with Crippen LogP contribution in [0.25, 0.3) is 6.08 Å². The highest BCUT2D eigenvalue weighted by Crippen LogP contribution is 2.29. The molecule has 0 aliphatic carbocycles. The van der Waals surface area contributed by atoms with Gasteiger partial charge in [-0.15, -0.1) is 0 Å². The molecule has 1 N–H and O–H groups in total. The van der Waals surface area contributed by atoms with E-state index in [1.807, 2.05) is 6.07 Å². The van der Waals surface area contributed by atoms with Crippen LogP contribution in [0.5, 0.6) is 11.5 Å². The van der Waals surface area contributed by atoms with Crippen LogP contribution in [0.4, 0.5) is 11.4 Å². The fraction of sp³-hybridized carbons (Fsp3) is 0.105. The van der Waals surface area contributed by atoms with E-state index in [4.69, 9.17) is 14.7 Å². The molecule has 0 saturated heterocycles. The molecule has 2 aromatic rings. The Morgan fingerprint density at radius 3 is 2.68 bits per heavy atom. The molecule has 0 unspecified atom stereocenters. The second-order valence-electron chi connectivity index (χ2n) is 5.29. The molecular weight excluding hydrogens is 364 g/mol. The van der Waals surface area contributed by atoms with E-state index in [1.165, 1.54) is 37.5 Å². The predicted molar refractivity (Wildman–Crippen MR) is 99.4 cm³/mol. The fourth-order valence-electron chi connectivity index (χ4n) is 2.21. The van der Waals surface area contributed by atoms with E-state index in [1.54, 1.807) is 24.3 Å². The molecule has 0 fully saturated rings. The van der Waals surface area contributed by atoms with Gasteiger partial charge in [0, 0.05) is 17.8 Å². The van der Waals surface area contributed by atoms with E-state index in [9.17, 15) is 20.2 Å². The number of carbonyl (C=O) groups excluding carboxylic acids is 1. The van der Waals surface area contributed by atoms with Gasteiger partial charge in [0.2, 0.25) is 0 Å². The Hall–Kier alpha value is -4.37. The van der Waals surface area contributed by atoms with Crippen molar-refractivity contribution in [3.8, 4) is 23.6 Å². The van der Waals surface area contributed by atoms with Gasteiger partial charge in [-0.05, 0) is 29.8 Å². The highest BCUT2D eigenvalue weighted by molar-refractivity contribution is 6.09. The zero-order valence-corrected chi connectivity index (χ0v) is 14.7. The first kappa shape index (κ1) is 19.9. The number of amides is 1. The highest BCUT2D eigenvalue weighted by Gasteiger charge is 2.13. The predicted octanol–water partition coefficient (Wildman–Crippen LogP) is 3.05. The number of ether oxygens (including phenoxy) is 2. The summed E-state index contributed by atoms with van der Waals surface area (Å²) in [6, 6.07) is 13.7. The van der Waals surface area contributed by atoms with Gasteiger partial charge in [-0.3, -0.25) is 14.9 Å². The van der Waals surface area contributed by atoms with Crippen molar-refractivity contribution in [1.29, 1.82) is 10.5 Å². The minimum Gasteiger partial charge on any atom is -0.493 e. The zero-order chi connectivity index (χ0) is 20.5. The molecule has 9 heteroatoms. The molecule has 28 heavy (non-hydrogen) atoms. The van der Waals surface area contributed by atoms with Crippen LogP contribution in [-0.4, -0.2) is 24.5 Å². The lowest BCUT2D eigenvalue weighted by atomic mass is 10.1. The number of hydrogen-bond acceptors (Lipinski definition) is 7. The number of nitro benzene ring substituents is 1. The molecule has 2 aromatic carbocycles. The van der Waals surface area contributed by atoms with Gasteiger partial charge in [0.25, 0.3) is 11.6 Å². The summed E-state index contributed by atoms with van der Waals surface area (Å²) in [6.07, 6.45) is 1.34. The Kier molecular flexibility index (Phi) is 6.67. The van der Waals surface area contributed by atoms with Crippen LogP contribution in [0, 0.1) is 32.8 Å². The Morgan fingerprint density at radius 1 is 1.25 bits per heavy atom. The number of nitrogens with zero attached hydrogens (tertiary/aromatic N) is 3. The summed E-state index contributed by atoms with van der Waals surface area (Å²) in [5.41, 5.74) is 0.294. The Morgan fingerprint density at radius 2 is 2.04 bits per heavy atom. The maximum absolute atomic E-state index is 12.3. The second kappa shape index (κ2) is 9.36. The van der Waals surface area contributed by atoms with E-state index in [2.05, 4.69) is 5.32 Å². The van der Waals surface area contributed by atoms with Crippen LogP contribution in [0.3, 0.4) is 0 Å². The zero-order valence-electron chi connectivity index (χ0n) is 14.7. The molecule has 0 radical (unpaired) electrons. The number of benzene rings is 2. The van der Waals surface area contributed by atoms with Crippen molar-refractivity contribution < 1.29 is 19.2 Å². The van der Waals surface area contributed by atoms with E-state index in [0.29, 0.717) is 17.1 Å². The second-order valence-corrected chi connectivity index (χ2v) is 5.29. The van der Waals surface area contributed by atoms with E-state index >= 15 is 0 Å². The van der Waals surface area contributed by atoms with Gasteiger partial charge < -0.3 is 14.8 Å². The first-order chi connectivity index (χ1) is 13.5. The summed E-state index contributed by atoms with van der Waals surface area (Å²) >= 11 is 0. The monoisotopic (exact) mass is 378 g/mol. The number of methoxy groups -OCH3 is 1. The van der Waals surface area contributed by atoms with Crippen molar-refractivity contribution in [2.24, 2.45) is 0 Å². The quantitative estimate of drug-likeness (QED) is 0.338. The number of carbonyl (C=O) groups is 1. The maximum atomic E-state index is 12.3. The summed E-state index contributed by atoms with van der Waals surface area (Å²) in [5, 5.41) is 31.1. The van der Waals surface area contributed by atoms with Gasteiger partial charge in [0.15, 0.2) is 18.1 Å². The van der Waals surface area contributed by atoms with Gasteiger partial charge in [-0.25, -0.2) is 0 Å². The summed E-state index contributed by atoms with van der Waals surface area (Å²) in [6.45, 7) is -0.152. The standard InChI is InChI=1S/C19H14N4O5/c1-27-18-10-13(5-6-17(18)28-8-7-20)9-14(12-21)19(24)22-15-3-2-4-16(11-15)23(25)26/h2-6,9-11H,8H2,1H3,(H,22,24)/b14-9+. The lowest BCUT2D eigenvalue weighted by Crippen LogP contribution is -2.13. The third kappa shape index (κ3) is 5.07. The van der Waals surface area contributed by atoms with Crippen molar-refractivity contribution in [3.05, 3.63) is 63.7 Å². The van der Waals surface area contributed by atoms with Gasteiger partial charge in [-0.2, -0.15) is 10.5 Å². The molecule has 140 valence electrons. The third-order valence-corrected chi connectivity index (χ3v) is 3.47. The smallest absolute Gasteiger partial charge is 0.271 e. The molecule has 0 bridgehead atoms. The normalized spacial score (nSPS) is 10.3. The average molecular weight is 378 g/mol. The van der Waals surface area contributed by atoms with Crippen molar-refractivity contribution in [2.75, 3.05) is 19.0 Å². The van der Waals surface area contributed by atoms with Crippen molar-refractivity contribution in [3.63, 3.8) is 0 Å². The fourth-order valence-corrected chi connectivity index (χ4v) is 2.21. The third-order valence-electron chi connectivity index (χ3n) is 3.47. The molecule has 0 spiro atoms. The van der Waals surface area contributed by atoms with Crippen LogP contribution in [0.15, 0.2) is 48.0 Å². The Bertz CT molecular complexity index is 1020. The number of rotatable bonds is 7.